The van der Waals surface area contributed by atoms with Gasteiger partial charge in [-0.2, -0.15) is 13.2 Å². The van der Waals surface area contributed by atoms with Crippen molar-refractivity contribution in [1.29, 1.82) is 0 Å². The van der Waals surface area contributed by atoms with Crippen LogP contribution >= 0.6 is 0 Å². The van der Waals surface area contributed by atoms with Crippen LogP contribution < -0.4 is 5.32 Å². The van der Waals surface area contributed by atoms with E-state index in [4.69, 9.17) is 4.74 Å². The molecule has 0 bridgehead atoms. The van der Waals surface area contributed by atoms with E-state index in [9.17, 15) is 18.0 Å². The van der Waals surface area contributed by atoms with E-state index in [1.807, 2.05) is 35.6 Å². The number of hydrogen-bond acceptors (Lipinski definition) is 3. The summed E-state index contributed by atoms with van der Waals surface area (Å²) in [5, 5.41) is 1.86. The van der Waals surface area contributed by atoms with E-state index in [1.54, 1.807) is 0 Å². The Morgan fingerprint density at radius 3 is 2.71 bits per heavy atom. The van der Waals surface area contributed by atoms with Gasteiger partial charge in [-0.1, -0.05) is 30.3 Å². The van der Waals surface area contributed by atoms with Gasteiger partial charge >= 0.3 is 12.1 Å². The first kappa shape index (κ1) is 15.8. The highest BCUT2D eigenvalue weighted by Crippen LogP contribution is 2.15. The van der Waals surface area contributed by atoms with Gasteiger partial charge < -0.3 is 10.1 Å². The van der Waals surface area contributed by atoms with Gasteiger partial charge in [0, 0.05) is 26.2 Å². The van der Waals surface area contributed by atoms with Gasteiger partial charge in [0.15, 0.2) is 0 Å². The van der Waals surface area contributed by atoms with Gasteiger partial charge in [0.2, 0.25) is 0 Å². The first-order valence-corrected chi connectivity index (χ1v) is 6.68. The normalized spacial score (nSPS) is 20.2. The summed E-state index contributed by atoms with van der Waals surface area (Å²) < 4.78 is 41.7. The van der Waals surface area contributed by atoms with Crippen LogP contribution in [0.25, 0.3) is 0 Å². The summed E-state index contributed by atoms with van der Waals surface area (Å²) in [6.07, 6.45) is -5.27. The lowest BCUT2D eigenvalue weighted by atomic mass is 10.2. The van der Waals surface area contributed by atoms with Crippen LogP contribution in [0, 0.1) is 0 Å². The molecule has 1 N–H and O–H groups in total. The number of morpholine rings is 1. The van der Waals surface area contributed by atoms with Gasteiger partial charge in [0.1, 0.15) is 0 Å². The van der Waals surface area contributed by atoms with E-state index in [-0.39, 0.29) is 6.54 Å². The molecule has 0 aliphatic carbocycles. The quantitative estimate of drug-likeness (QED) is 0.918. The Labute approximate surface area is 120 Å². The Hall–Kier alpha value is -1.60. The van der Waals surface area contributed by atoms with Crippen molar-refractivity contribution in [1.82, 2.24) is 10.2 Å². The smallest absolute Gasteiger partial charge is 0.374 e. The highest BCUT2D eigenvalue weighted by atomic mass is 19.4. The first-order chi connectivity index (χ1) is 9.95. The number of benzene rings is 1. The number of halogens is 3. The number of nitrogens with one attached hydrogen (secondary N) is 1. The van der Waals surface area contributed by atoms with Crippen LogP contribution in [0.5, 0.6) is 0 Å². The SMILES string of the molecule is O=C(NC[C@H]1CN(Cc2ccccc2)CCO1)C(F)(F)F. The topological polar surface area (TPSA) is 41.6 Å². The Morgan fingerprint density at radius 1 is 1.33 bits per heavy atom. The second-order valence-corrected chi connectivity index (χ2v) is 4.92. The largest absolute Gasteiger partial charge is 0.471 e. The molecule has 116 valence electrons. The van der Waals surface area contributed by atoms with Gasteiger partial charge in [-0.3, -0.25) is 9.69 Å². The molecule has 0 aromatic heterocycles. The molecule has 1 aliphatic heterocycles. The predicted octanol–water partition coefficient (Wildman–Crippen LogP) is 1.57. The number of hydrogen-bond donors (Lipinski definition) is 1. The fraction of sp³-hybridized carbons (Fsp3) is 0.500. The average Bonchev–Trinajstić information content (AvgIpc) is 2.45. The van der Waals surface area contributed by atoms with Crippen LogP contribution in [0.2, 0.25) is 0 Å². The van der Waals surface area contributed by atoms with E-state index in [1.165, 1.54) is 0 Å². The maximum atomic E-state index is 12.1. The summed E-state index contributed by atoms with van der Waals surface area (Å²) in [6.45, 7) is 2.24. The van der Waals surface area contributed by atoms with Crippen LogP contribution in [-0.2, 0) is 16.1 Å². The zero-order valence-corrected chi connectivity index (χ0v) is 11.4. The standard InChI is InChI=1S/C14H17F3N2O2/c15-14(16,17)13(20)18-8-12-10-19(6-7-21-12)9-11-4-2-1-3-5-11/h1-5,12H,6-10H2,(H,18,20)/t12-/m0/s1. The van der Waals surface area contributed by atoms with Crippen LogP contribution in [-0.4, -0.2) is 49.3 Å². The molecule has 0 spiro atoms. The number of ether oxygens (including phenoxy) is 1. The van der Waals surface area contributed by atoms with Gasteiger partial charge in [-0.25, -0.2) is 0 Å². The molecular weight excluding hydrogens is 285 g/mol. The average molecular weight is 302 g/mol. The highest BCUT2D eigenvalue weighted by Gasteiger charge is 2.38. The monoisotopic (exact) mass is 302 g/mol. The molecule has 1 fully saturated rings. The molecule has 1 aliphatic rings. The zero-order chi connectivity index (χ0) is 15.3. The number of nitrogens with zero attached hydrogens (tertiary/aromatic N) is 1. The Bertz CT molecular complexity index is 465. The van der Waals surface area contributed by atoms with Crippen molar-refractivity contribution >= 4 is 5.91 Å². The molecule has 1 atom stereocenters. The molecule has 1 saturated heterocycles. The van der Waals surface area contributed by atoms with Gasteiger partial charge in [-0.05, 0) is 5.56 Å². The number of rotatable bonds is 4. The number of alkyl halides is 3. The lowest BCUT2D eigenvalue weighted by Crippen LogP contribution is -2.49. The lowest BCUT2D eigenvalue weighted by Gasteiger charge is -2.33. The number of amides is 1. The van der Waals surface area contributed by atoms with E-state index < -0.39 is 18.2 Å². The second kappa shape index (κ2) is 6.91. The third-order valence-corrected chi connectivity index (χ3v) is 3.22. The Morgan fingerprint density at radius 2 is 2.05 bits per heavy atom. The highest BCUT2D eigenvalue weighted by molar-refractivity contribution is 5.81. The summed E-state index contributed by atoms with van der Waals surface area (Å²) in [5.74, 6) is -1.92. The molecule has 4 nitrogen and oxygen atoms in total. The van der Waals surface area contributed by atoms with Crippen LogP contribution in [0.4, 0.5) is 13.2 Å². The minimum absolute atomic E-state index is 0.135. The minimum Gasteiger partial charge on any atom is -0.374 e. The molecule has 1 amide bonds. The maximum absolute atomic E-state index is 12.1. The van der Waals surface area contributed by atoms with E-state index in [0.29, 0.717) is 19.7 Å². The Balaban J connectivity index is 1.80. The predicted molar refractivity (Wildman–Crippen MR) is 70.5 cm³/mol. The lowest BCUT2D eigenvalue weighted by molar-refractivity contribution is -0.174. The van der Waals surface area contributed by atoms with Gasteiger partial charge in [0.25, 0.3) is 0 Å². The van der Waals surface area contributed by atoms with Gasteiger partial charge in [0.05, 0.1) is 12.7 Å². The third-order valence-electron chi connectivity index (χ3n) is 3.22. The zero-order valence-electron chi connectivity index (χ0n) is 11.4. The summed E-state index contributed by atoms with van der Waals surface area (Å²) in [6, 6.07) is 9.80. The fourth-order valence-electron chi connectivity index (χ4n) is 2.20. The Kier molecular flexibility index (Phi) is 5.19. The summed E-state index contributed by atoms with van der Waals surface area (Å²) in [4.78, 5) is 12.9. The molecule has 1 aromatic rings. The molecule has 2 rings (SSSR count). The second-order valence-electron chi connectivity index (χ2n) is 4.92. The fourth-order valence-corrected chi connectivity index (χ4v) is 2.20. The summed E-state index contributed by atoms with van der Waals surface area (Å²) >= 11 is 0. The number of carbonyl (C=O) groups excluding carboxylic acids is 1. The van der Waals surface area contributed by atoms with Crippen molar-refractivity contribution in [2.45, 2.75) is 18.8 Å². The molecule has 7 heteroatoms. The minimum atomic E-state index is -4.85. The molecule has 21 heavy (non-hydrogen) atoms. The van der Waals surface area contributed by atoms with Gasteiger partial charge in [-0.15, -0.1) is 0 Å². The first-order valence-electron chi connectivity index (χ1n) is 6.68. The van der Waals surface area contributed by atoms with Crippen molar-refractivity contribution in [2.75, 3.05) is 26.2 Å². The summed E-state index contributed by atoms with van der Waals surface area (Å²) in [5.41, 5.74) is 1.14. The van der Waals surface area contributed by atoms with E-state index in [0.717, 1.165) is 12.1 Å². The molecule has 0 unspecified atom stereocenters. The molecule has 1 heterocycles. The molecule has 1 aromatic carbocycles. The van der Waals surface area contributed by atoms with Crippen LogP contribution in [0.3, 0.4) is 0 Å². The maximum Gasteiger partial charge on any atom is 0.471 e. The van der Waals surface area contributed by atoms with Crippen molar-refractivity contribution < 1.29 is 22.7 Å². The van der Waals surface area contributed by atoms with Crippen molar-refractivity contribution in [3.63, 3.8) is 0 Å². The van der Waals surface area contributed by atoms with Crippen LogP contribution in [0.1, 0.15) is 5.56 Å². The van der Waals surface area contributed by atoms with E-state index in [2.05, 4.69) is 4.90 Å². The molecular formula is C14H17F3N2O2. The third kappa shape index (κ3) is 5.02. The molecule has 0 radical (unpaired) electrons. The molecule has 0 saturated carbocycles. The van der Waals surface area contributed by atoms with E-state index >= 15 is 0 Å². The summed E-state index contributed by atoms with van der Waals surface area (Å²) in [7, 11) is 0. The van der Waals surface area contributed by atoms with Crippen molar-refractivity contribution in [2.24, 2.45) is 0 Å². The van der Waals surface area contributed by atoms with Crippen LogP contribution in [0.15, 0.2) is 30.3 Å². The van der Waals surface area contributed by atoms with Crippen molar-refractivity contribution in [3.8, 4) is 0 Å². The number of carbonyl (C=O) groups is 1. The van der Waals surface area contributed by atoms with Crippen molar-refractivity contribution in [3.05, 3.63) is 35.9 Å².